The molecule has 0 radical (unpaired) electrons. The molecule has 0 spiro atoms. The zero-order chi connectivity index (χ0) is 24.1. The van der Waals surface area contributed by atoms with Crippen LogP contribution < -0.4 is 14.8 Å². The summed E-state index contributed by atoms with van der Waals surface area (Å²) in [7, 11) is 3.01. The maximum atomic E-state index is 12.8. The number of anilines is 1. The van der Waals surface area contributed by atoms with Crippen molar-refractivity contribution >= 4 is 40.8 Å². The van der Waals surface area contributed by atoms with Crippen LogP contribution in [0.1, 0.15) is 28.5 Å². The number of carbonyl (C=O) groups is 2. The highest BCUT2D eigenvalue weighted by Gasteiger charge is 2.26. The number of hydrogen-bond acceptors (Lipinski definition) is 6. The SMILES string of the molecule is COc1ccc(NC(=O)C(C)OC(=O)c2c(C)nn(Cc3ccccc3Cl)c2Cl)cc1OC. The molecule has 3 rings (SSSR count). The molecule has 174 valence electrons. The molecule has 0 saturated heterocycles. The molecule has 0 bridgehead atoms. The van der Waals surface area contributed by atoms with Crippen molar-refractivity contribution in [3.8, 4) is 11.5 Å². The zero-order valence-corrected chi connectivity index (χ0v) is 20.0. The molecule has 33 heavy (non-hydrogen) atoms. The van der Waals surface area contributed by atoms with E-state index in [1.165, 1.54) is 25.8 Å². The largest absolute Gasteiger partial charge is 0.493 e. The maximum Gasteiger partial charge on any atom is 0.343 e. The smallest absolute Gasteiger partial charge is 0.343 e. The van der Waals surface area contributed by atoms with Gasteiger partial charge >= 0.3 is 5.97 Å². The lowest BCUT2D eigenvalue weighted by Crippen LogP contribution is -2.30. The highest BCUT2D eigenvalue weighted by atomic mass is 35.5. The Labute approximate surface area is 201 Å². The molecule has 1 heterocycles. The van der Waals surface area contributed by atoms with E-state index in [0.717, 1.165) is 5.56 Å². The van der Waals surface area contributed by atoms with Crippen LogP contribution in [0.4, 0.5) is 5.69 Å². The number of rotatable bonds is 8. The predicted molar refractivity (Wildman–Crippen MR) is 126 cm³/mol. The van der Waals surface area contributed by atoms with E-state index in [2.05, 4.69) is 10.4 Å². The molecule has 0 saturated carbocycles. The Morgan fingerprint density at radius 3 is 2.45 bits per heavy atom. The molecule has 1 amide bonds. The lowest BCUT2D eigenvalue weighted by Gasteiger charge is -2.15. The number of esters is 1. The van der Waals surface area contributed by atoms with Crippen LogP contribution in [-0.4, -0.2) is 42.0 Å². The van der Waals surface area contributed by atoms with E-state index < -0.39 is 18.0 Å². The summed E-state index contributed by atoms with van der Waals surface area (Å²) in [6.07, 6.45) is -1.09. The highest BCUT2D eigenvalue weighted by Crippen LogP contribution is 2.30. The lowest BCUT2D eigenvalue weighted by molar-refractivity contribution is -0.123. The van der Waals surface area contributed by atoms with Gasteiger partial charge in [0.25, 0.3) is 5.91 Å². The Morgan fingerprint density at radius 1 is 1.09 bits per heavy atom. The van der Waals surface area contributed by atoms with Gasteiger partial charge in [-0.05, 0) is 37.6 Å². The molecule has 1 aromatic heterocycles. The Kier molecular flexibility index (Phi) is 7.84. The third-order valence-corrected chi connectivity index (χ3v) is 5.60. The molecule has 8 nitrogen and oxygen atoms in total. The summed E-state index contributed by atoms with van der Waals surface area (Å²) in [5.74, 6) is -0.298. The second kappa shape index (κ2) is 10.6. The number of aromatic nitrogens is 2. The molecule has 0 aliphatic rings. The highest BCUT2D eigenvalue weighted by molar-refractivity contribution is 6.33. The quantitative estimate of drug-likeness (QED) is 0.457. The number of carbonyl (C=O) groups excluding carboxylic acids is 2. The topological polar surface area (TPSA) is 91.7 Å². The number of ether oxygens (including phenoxy) is 3. The van der Waals surface area contributed by atoms with Crippen molar-refractivity contribution in [2.75, 3.05) is 19.5 Å². The first-order valence-electron chi connectivity index (χ1n) is 9.95. The molecule has 0 aliphatic heterocycles. The van der Waals surface area contributed by atoms with Gasteiger partial charge in [-0.3, -0.25) is 4.79 Å². The van der Waals surface area contributed by atoms with Gasteiger partial charge in [0, 0.05) is 16.8 Å². The van der Waals surface area contributed by atoms with E-state index in [1.807, 2.05) is 18.2 Å². The van der Waals surface area contributed by atoms with Gasteiger partial charge in [0.15, 0.2) is 17.6 Å². The molecular weight excluding hydrogens is 469 g/mol. The molecule has 1 N–H and O–H groups in total. The Hall–Kier alpha value is -3.23. The van der Waals surface area contributed by atoms with Gasteiger partial charge in [-0.1, -0.05) is 41.4 Å². The van der Waals surface area contributed by atoms with Crippen LogP contribution >= 0.6 is 23.2 Å². The third-order valence-electron chi connectivity index (χ3n) is 4.85. The normalized spacial score (nSPS) is 11.6. The van der Waals surface area contributed by atoms with Crippen molar-refractivity contribution in [2.24, 2.45) is 0 Å². The number of hydrogen-bond donors (Lipinski definition) is 1. The monoisotopic (exact) mass is 491 g/mol. The van der Waals surface area contributed by atoms with Gasteiger partial charge in [-0.15, -0.1) is 0 Å². The Bertz CT molecular complexity index is 1180. The van der Waals surface area contributed by atoms with Crippen LogP contribution in [0.3, 0.4) is 0 Å². The molecule has 0 aliphatic carbocycles. The van der Waals surface area contributed by atoms with Crippen LogP contribution in [-0.2, 0) is 16.1 Å². The molecule has 1 atom stereocenters. The summed E-state index contributed by atoms with van der Waals surface area (Å²) >= 11 is 12.6. The number of methoxy groups -OCH3 is 2. The van der Waals surface area contributed by atoms with E-state index in [4.69, 9.17) is 37.4 Å². The lowest BCUT2D eigenvalue weighted by atomic mass is 10.2. The minimum atomic E-state index is -1.09. The summed E-state index contributed by atoms with van der Waals surface area (Å²) < 4.78 is 17.2. The van der Waals surface area contributed by atoms with E-state index in [9.17, 15) is 9.59 Å². The van der Waals surface area contributed by atoms with E-state index >= 15 is 0 Å². The van der Waals surface area contributed by atoms with Gasteiger partial charge in [-0.25, -0.2) is 9.48 Å². The van der Waals surface area contributed by atoms with Gasteiger partial charge in [-0.2, -0.15) is 5.10 Å². The summed E-state index contributed by atoms with van der Waals surface area (Å²) in [5, 5.41) is 7.66. The molecule has 1 unspecified atom stereocenters. The number of halogens is 2. The van der Waals surface area contributed by atoms with Crippen LogP contribution in [0.15, 0.2) is 42.5 Å². The summed E-state index contributed by atoms with van der Waals surface area (Å²) in [4.78, 5) is 25.3. The molecule has 10 heteroatoms. The van der Waals surface area contributed by atoms with Gasteiger partial charge in [0.2, 0.25) is 0 Å². The third kappa shape index (κ3) is 5.58. The van der Waals surface area contributed by atoms with E-state index in [0.29, 0.717) is 27.9 Å². The van der Waals surface area contributed by atoms with Crippen molar-refractivity contribution in [2.45, 2.75) is 26.5 Å². The van der Waals surface area contributed by atoms with Gasteiger partial charge in [0.05, 0.1) is 26.5 Å². The summed E-state index contributed by atoms with van der Waals surface area (Å²) in [6, 6.07) is 12.2. The number of nitrogens with zero attached hydrogens (tertiary/aromatic N) is 2. The van der Waals surface area contributed by atoms with Gasteiger partial charge in [0.1, 0.15) is 10.7 Å². The standard InChI is InChI=1S/C23H23Cl2N3O5/c1-13-20(21(25)28(27-13)12-15-7-5-6-8-17(15)24)23(30)33-14(2)22(29)26-16-9-10-18(31-3)19(11-16)32-4/h5-11,14H,12H2,1-4H3,(H,26,29). The maximum absolute atomic E-state index is 12.8. The summed E-state index contributed by atoms with van der Waals surface area (Å²) in [5.41, 5.74) is 1.73. The van der Waals surface area contributed by atoms with Crippen molar-refractivity contribution in [1.29, 1.82) is 0 Å². The van der Waals surface area contributed by atoms with Crippen molar-refractivity contribution in [3.05, 3.63) is 69.5 Å². The molecule has 3 aromatic rings. The van der Waals surface area contributed by atoms with Crippen molar-refractivity contribution in [1.82, 2.24) is 9.78 Å². The fraction of sp³-hybridized carbons (Fsp3) is 0.261. The number of aryl methyl sites for hydroxylation is 1. The second-order valence-corrected chi connectivity index (χ2v) is 7.87. The molecule has 2 aromatic carbocycles. The Morgan fingerprint density at radius 2 is 1.79 bits per heavy atom. The molecular formula is C23H23Cl2N3O5. The number of benzene rings is 2. The average molecular weight is 492 g/mol. The Balaban J connectivity index is 1.70. The van der Waals surface area contributed by atoms with E-state index in [-0.39, 0.29) is 17.3 Å². The fourth-order valence-corrected chi connectivity index (χ4v) is 3.62. The van der Waals surface area contributed by atoms with Crippen LogP contribution in [0.5, 0.6) is 11.5 Å². The van der Waals surface area contributed by atoms with Crippen LogP contribution in [0.2, 0.25) is 10.2 Å². The first-order chi connectivity index (χ1) is 15.7. The fourth-order valence-electron chi connectivity index (χ4n) is 3.11. The van der Waals surface area contributed by atoms with Crippen LogP contribution in [0, 0.1) is 6.92 Å². The predicted octanol–water partition coefficient (Wildman–Crippen LogP) is 4.75. The second-order valence-electron chi connectivity index (χ2n) is 7.11. The first-order valence-corrected chi connectivity index (χ1v) is 10.7. The molecule has 0 fully saturated rings. The van der Waals surface area contributed by atoms with E-state index in [1.54, 1.807) is 31.2 Å². The van der Waals surface area contributed by atoms with Crippen molar-refractivity contribution in [3.63, 3.8) is 0 Å². The first kappa shape index (κ1) is 24.4. The van der Waals surface area contributed by atoms with Crippen molar-refractivity contribution < 1.29 is 23.8 Å². The zero-order valence-electron chi connectivity index (χ0n) is 18.5. The minimum absolute atomic E-state index is 0.0921. The average Bonchev–Trinajstić information content (AvgIpc) is 3.07. The minimum Gasteiger partial charge on any atom is -0.493 e. The number of nitrogens with one attached hydrogen (secondary N) is 1. The summed E-state index contributed by atoms with van der Waals surface area (Å²) in [6.45, 7) is 3.38. The van der Waals surface area contributed by atoms with Gasteiger partial charge < -0.3 is 19.5 Å². The van der Waals surface area contributed by atoms with Crippen LogP contribution in [0.25, 0.3) is 0 Å². The number of amides is 1.